The average molecular weight is 268 g/mol. The highest BCUT2D eigenvalue weighted by Gasteiger charge is 2.21. The predicted molar refractivity (Wildman–Crippen MR) is 65.8 cm³/mol. The fraction of sp³-hybridized carbons (Fsp3) is 0.273. The lowest BCUT2D eigenvalue weighted by molar-refractivity contribution is -0.137. The second-order valence-corrected chi connectivity index (χ2v) is 5.55. The number of nitrogens with zero attached hydrogens (tertiary/aromatic N) is 1. The Morgan fingerprint density at radius 1 is 1.67 bits per heavy atom. The molecule has 6 nitrogen and oxygen atoms in total. The van der Waals surface area contributed by atoms with Gasteiger partial charge in [-0.25, -0.2) is 18.2 Å². The van der Waals surface area contributed by atoms with Crippen LogP contribution in [-0.4, -0.2) is 36.8 Å². The van der Waals surface area contributed by atoms with E-state index >= 15 is 0 Å². The van der Waals surface area contributed by atoms with E-state index in [2.05, 4.69) is 16.2 Å². The number of pyridine rings is 1. The van der Waals surface area contributed by atoms with Gasteiger partial charge in [-0.05, 0) is 12.1 Å². The summed E-state index contributed by atoms with van der Waals surface area (Å²) in [6.07, 6.45) is 7.37. The molecule has 1 aromatic rings. The van der Waals surface area contributed by atoms with Crippen molar-refractivity contribution in [1.29, 1.82) is 0 Å². The first-order chi connectivity index (χ1) is 8.36. The maximum Gasteiger partial charge on any atom is 0.327 e. The van der Waals surface area contributed by atoms with Gasteiger partial charge in [-0.1, -0.05) is 0 Å². The van der Waals surface area contributed by atoms with Crippen LogP contribution in [0.3, 0.4) is 0 Å². The number of sulfone groups is 1. The topological polar surface area (TPSA) is 96.4 Å². The van der Waals surface area contributed by atoms with E-state index in [4.69, 9.17) is 11.5 Å². The third-order valence-electron chi connectivity index (χ3n) is 2.10. The third kappa shape index (κ3) is 3.46. The van der Waals surface area contributed by atoms with Gasteiger partial charge in [0.25, 0.3) is 0 Å². The van der Waals surface area contributed by atoms with Crippen molar-refractivity contribution in [2.24, 2.45) is 0 Å². The number of aliphatic carboxylic acids is 1. The minimum atomic E-state index is -3.49. The Hall–Kier alpha value is -2.07. The number of hydrogen-bond donors (Lipinski definition) is 2. The van der Waals surface area contributed by atoms with Gasteiger partial charge in [0.1, 0.15) is 16.8 Å². The maximum atomic E-state index is 11.5. The van der Waals surface area contributed by atoms with Gasteiger partial charge in [0.15, 0.2) is 9.84 Å². The van der Waals surface area contributed by atoms with Crippen LogP contribution in [0.25, 0.3) is 0 Å². The molecule has 96 valence electrons. The Labute approximate surface area is 105 Å². The summed E-state index contributed by atoms with van der Waals surface area (Å²) in [5.74, 6) is 1.03. The Bertz CT molecular complexity index is 589. The van der Waals surface area contributed by atoms with Crippen LogP contribution in [0, 0.1) is 12.3 Å². The summed E-state index contributed by atoms with van der Waals surface area (Å²) in [5.41, 5.74) is 0. The van der Waals surface area contributed by atoms with Gasteiger partial charge in [0, 0.05) is 18.9 Å². The number of hydrogen-bond acceptors (Lipinski definition) is 5. The Morgan fingerprint density at radius 3 is 2.83 bits per heavy atom. The standard InChI is InChI=1S/C11H12N2O4S/c1-3-5-8(11(14)15)13-10-9(18(2,16)17)6-4-7-12-10/h1,4,6-8H,5H2,2H3,(H,12,13)(H,14,15). The Balaban J connectivity index is 3.12. The molecule has 0 radical (unpaired) electrons. The molecule has 18 heavy (non-hydrogen) atoms. The molecule has 1 unspecified atom stereocenters. The van der Waals surface area contributed by atoms with Crippen molar-refractivity contribution in [3.05, 3.63) is 18.3 Å². The van der Waals surface area contributed by atoms with Crippen LogP contribution < -0.4 is 5.32 Å². The SMILES string of the molecule is C#CCC(Nc1ncccc1S(C)(=O)=O)C(=O)O. The lowest BCUT2D eigenvalue weighted by Gasteiger charge is -2.14. The summed E-state index contributed by atoms with van der Waals surface area (Å²) in [6, 6.07) is 1.73. The molecule has 1 aromatic heterocycles. The first kappa shape index (κ1) is 14.0. The third-order valence-corrected chi connectivity index (χ3v) is 3.23. The zero-order valence-corrected chi connectivity index (χ0v) is 10.4. The number of carbonyl (C=O) groups is 1. The summed E-state index contributed by atoms with van der Waals surface area (Å²) in [7, 11) is -3.49. The zero-order chi connectivity index (χ0) is 13.8. The molecule has 1 rings (SSSR count). The normalized spacial score (nSPS) is 12.4. The molecule has 0 aromatic carbocycles. The number of terminal acetylenes is 1. The van der Waals surface area contributed by atoms with Gasteiger partial charge in [0.2, 0.25) is 0 Å². The lowest BCUT2D eigenvalue weighted by atomic mass is 10.2. The smallest absolute Gasteiger partial charge is 0.327 e. The summed E-state index contributed by atoms with van der Waals surface area (Å²) < 4.78 is 23.0. The Kier molecular flexibility index (Phi) is 4.28. The molecular formula is C11H12N2O4S. The molecule has 0 bridgehead atoms. The van der Waals surface area contributed by atoms with Crippen molar-refractivity contribution >= 4 is 21.6 Å². The van der Waals surface area contributed by atoms with Gasteiger partial charge in [0.05, 0.1) is 0 Å². The van der Waals surface area contributed by atoms with Crippen molar-refractivity contribution in [2.75, 3.05) is 11.6 Å². The molecular weight excluding hydrogens is 256 g/mol. The largest absolute Gasteiger partial charge is 0.480 e. The second-order valence-electron chi connectivity index (χ2n) is 3.57. The van der Waals surface area contributed by atoms with Crippen molar-refractivity contribution in [1.82, 2.24) is 4.98 Å². The van der Waals surface area contributed by atoms with E-state index in [1.807, 2.05) is 0 Å². The molecule has 0 amide bonds. The number of anilines is 1. The van der Waals surface area contributed by atoms with Crippen molar-refractivity contribution in [3.8, 4) is 12.3 Å². The quantitative estimate of drug-likeness (QED) is 0.749. The number of carboxylic acids is 1. The molecule has 0 spiro atoms. The van der Waals surface area contributed by atoms with Crippen molar-refractivity contribution < 1.29 is 18.3 Å². The van der Waals surface area contributed by atoms with Gasteiger partial charge in [-0.3, -0.25) is 0 Å². The van der Waals surface area contributed by atoms with Crippen LogP contribution in [0.1, 0.15) is 6.42 Å². The monoisotopic (exact) mass is 268 g/mol. The second kappa shape index (κ2) is 5.51. The fourth-order valence-electron chi connectivity index (χ4n) is 1.28. The van der Waals surface area contributed by atoms with E-state index in [0.717, 1.165) is 6.26 Å². The molecule has 0 fully saturated rings. The molecule has 0 saturated heterocycles. The predicted octanol–water partition coefficient (Wildman–Crippen LogP) is 0.373. The molecule has 0 aliphatic heterocycles. The molecule has 2 N–H and O–H groups in total. The van der Waals surface area contributed by atoms with Crippen LogP contribution in [-0.2, 0) is 14.6 Å². The zero-order valence-electron chi connectivity index (χ0n) is 9.62. The average Bonchev–Trinajstić information content (AvgIpc) is 2.27. The molecule has 0 saturated carbocycles. The van der Waals surface area contributed by atoms with E-state index in [9.17, 15) is 13.2 Å². The van der Waals surface area contributed by atoms with Crippen LogP contribution in [0.2, 0.25) is 0 Å². The van der Waals surface area contributed by atoms with E-state index in [1.165, 1.54) is 18.3 Å². The molecule has 0 aliphatic rings. The first-order valence-corrected chi connectivity index (χ1v) is 6.83. The van der Waals surface area contributed by atoms with Crippen LogP contribution >= 0.6 is 0 Å². The molecule has 0 aliphatic carbocycles. The van der Waals surface area contributed by atoms with Crippen molar-refractivity contribution in [2.45, 2.75) is 17.4 Å². The number of aromatic nitrogens is 1. The van der Waals surface area contributed by atoms with Gasteiger partial charge >= 0.3 is 5.97 Å². The van der Waals surface area contributed by atoms with Crippen LogP contribution in [0.5, 0.6) is 0 Å². The minimum absolute atomic E-state index is 0.0114. The highest BCUT2D eigenvalue weighted by molar-refractivity contribution is 7.90. The number of rotatable bonds is 5. The van der Waals surface area contributed by atoms with E-state index < -0.39 is 21.8 Å². The van der Waals surface area contributed by atoms with E-state index in [-0.39, 0.29) is 17.1 Å². The van der Waals surface area contributed by atoms with Gasteiger partial charge in [-0.2, -0.15) is 0 Å². The summed E-state index contributed by atoms with van der Waals surface area (Å²) >= 11 is 0. The van der Waals surface area contributed by atoms with Gasteiger partial charge in [-0.15, -0.1) is 12.3 Å². The van der Waals surface area contributed by atoms with Crippen molar-refractivity contribution in [3.63, 3.8) is 0 Å². The summed E-state index contributed by atoms with van der Waals surface area (Å²) in [6.45, 7) is 0. The highest BCUT2D eigenvalue weighted by Crippen LogP contribution is 2.19. The minimum Gasteiger partial charge on any atom is -0.480 e. The highest BCUT2D eigenvalue weighted by atomic mass is 32.2. The number of carboxylic acid groups (broad SMARTS) is 1. The fourth-order valence-corrected chi connectivity index (χ4v) is 2.07. The number of nitrogens with one attached hydrogen (secondary N) is 1. The van der Waals surface area contributed by atoms with E-state index in [0.29, 0.717) is 0 Å². The Morgan fingerprint density at radius 2 is 2.33 bits per heavy atom. The molecule has 7 heteroatoms. The van der Waals surface area contributed by atoms with E-state index in [1.54, 1.807) is 0 Å². The lowest BCUT2D eigenvalue weighted by Crippen LogP contribution is -2.29. The summed E-state index contributed by atoms with van der Waals surface area (Å²) in [5, 5.41) is 11.4. The summed E-state index contributed by atoms with van der Waals surface area (Å²) in [4.78, 5) is 14.7. The van der Waals surface area contributed by atoms with Crippen LogP contribution in [0.15, 0.2) is 23.2 Å². The maximum absolute atomic E-state index is 11.5. The van der Waals surface area contributed by atoms with Gasteiger partial charge < -0.3 is 10.4 Å². The molecule has 1 heterocycles. The van der Waals surface area contributed by atoms with Crippen LogP contribution in [0.4, 0.5) is 5.82 Å². The first-order valence-electron chi connectivity index (χ1n) is 4.94. The molecule has 1 atom stereocenters.